The molecule has 0 spiro atoms. The quantitative estimate of drug-likeness (QED) is 0.523. The average Bonchev–Trinajstić information content (AvgIpc) is 3.53. The second-order valence-electron chi connectivity index (χ2n) is 7.41. The summed E-state index contributed by atoms with van der Waals surface area (Å²) in [6, 6.07) is 11.3. The average molecular weight is 400 g/mol. The molecule has 1 aliphatic rings. The van der Waals surface area contributed by atoms with Crippen molar-refractivity contribution in [3.05, 3.63) is 84.5 Å². The number of aromatic nitrogens is 5. The molecule has 150 valence electrons. The van der Waals surface area contributed by atoms with Crippen LogP contribution in [-0.4, -0.2) is 48.6 Å². The number of nitrogens with zero attached hydrogens (tertiary/aromatic N) is 6. The van der Waals surface area contributed by atoms with Crippen molar-refractivity contribution in [1.82, 2.24) is 29.6 Å². The Morgan fingerprint density at radius 1 is 1.03 bits per heavy atom. The fourth-order valence-corrected chi connectivity index (χ4v) is 4.00. The number of aryl methyl sites for hydroxylation is 1. The Balaban J connectivity index is 1.48. The highest BCUT2D eigenvalue weighted by Crippen LogP contribution is 2.39. The molecule has 1 fully saturated rings. The highest BCUT2D eigenvalue weighted by atomic mass is 16.5. The Kier molecular flexibility index (Phi) is 4.59. The van der Waals surface area contributed by atoms with Crippen LogP contribution in [0.15, 0.2) is 71.9 Å². The van der Waals surface area contributed by atoms with Crippen LogP contribution in [0.2, 0.25) is 0 Å². The lowest BCUT2D eigenvalue weighted by Gasteiger charge is -2.16. The number of carbonyl (C=O) groups excluding carboxylic acids is 1. The van der Waals surface area contributed by atoms with Crippen molar-refractivity contribution in [3.8, 4) is 11.4 Å². The van der Waals surface area contributed by atoms with E-state index in [1.807, 2.05) is 65.3 Å². The molecule has 0 aromatic carbocycles. The van der Waals surface area contributed by atoms with Gasteiger partial charge in [-0.3, -0.25) is 14.8 Å². The maximum atomic E-state index is 13.1. The summed E-state index contributed by atoms with van der Waals surface area (Å²) in [5.74, 6) is 0.949. The maximum Gasteiger partial charge on any atom is 0.270 e. The SMILES string of the molecule is Cn1cccc1C(=O)N1CC(c2cccnc2)C(c2nc(-c3ccncc3)no2)C1. The molecule has 2 atom stereocenters. The van der Waals surface area contributed by atoms with Crippen LogP contribution >= 0.6 is 0 Å². The number of hydrogen-bond donors (Lipinski definition) is 0. The molecule has 30 heavy (non-hydrogen) atoms. The smallest absolute Gasteiger partial charge is 0.270 e. The van der Waals surface area contributed by atoms with Crippen molar-refractivity contribution in [2.24, 2.45) is 7.05 Å². The molecule has 5 rings (SSSR count). The third-order valence-corrected chi connectivity index (χ3v) is 5.58. The first-order valence-corrected chi connectivity index (χ1v) is 9.75. The summed E-state index contributed by atoms with van der Waals surface area (Å²) in [6.07, 6.45) is 8.85. The molecule has 4 aromatic heterocycles. The van der Waals surface area contributed by atoms with E-state index in [1.165, 1.54) is 0 Å². The topological polar surface area (TPSA) is 89.9 Å². The van der Waals surface area contributed by atoms with E-state index in [1.54, 1.807) is 18.6 Å². The molecule has 8 nitrogen and oxygen atoms in total. The summed E-state index contributed by atoms with van der Waals surface area (Å²) in [4.78, 5) is 27.9. The van der Waals surface area contributed by atoms with Gasteiger partial charge in [-0.1, -0.05) is 11.2 Å². The maximum absolute atomic E-state index is 13.1. The van der Waals surface area contributed by atoms with Crippen molar-refractivity contribution in [2.45, 2.75) is 11.8 Å². The van der Waals surface area contributed by atoms with Crippen LogP contribution in [0.1, 0.15) is 33.8 Å². The van der Waals surface area contributed by atoms with Crippen molar-refractivity contribution < 1.29 is 9.32 Å². The van der Waals surface area contributed by atoms with Crippen LogP contribution in [0, 0.1) is 0 Å². The minimum absolute atomic E-state index is 0.00670. The zero-order chi connectivity index (χ0) is 20.5. The van der Waals surface area contributed by atoms with Crippen molar-refractivity contribution in [2.75, 3.05) is 13.1 Å². The van der Waals surface area contributed by atoms with Gasteiger partial charge in [0.1, 0.15) is 5.69 Å². The third kappa shape index (κ3) is 3.26. The molecule has 1 amide bonds. The monoisotopic (exact) mass is 400 g/mol. The third-order valence-electron chi connectivity index (χ3n) is 5.58. The van der Waals surface area contributed by atoms with Gasteiger partial charge < -0.3 is 14.0 Å². The molecule has 0 aliphatic carbocycles. The molecule has 1 aliphatic heterocycles. The van der Waals surface area contributed by atoms with Gasteiger partial charge in [0, 0.05) is 62.6 Å². The van der Waals surface area contributed by atoms with Gasteiger partial charge in [0.2, 0.25) is 11.7 Å². The molecule has 4 aromatic rings. The molecule has 8 heteroatoms. The van der Waals surface area contributed by atoms with Gasteiger partial charge in [0.05, 0.1) is 5.92 Å². The van der Waals surface area contributed by atoms with Gasteiger partial charge in [-0.25, -0.2) is 0 Å². The summed E-state index contributed by atoms with van der Waals surface area (Å²) in [6.45, 7) is 1.06. The minimum Gasteiger partial charge on any atom is -0.347 e. The van der Waals surface area contributed by atoms with Crippen molar-refractivity contribution in [3.63, 3.8) is 0 Å². The number of amides is 1. The van der Waals surface area contributed by atoms with Crippen molar-refractivity contribution >= 4 is 5.91 Å². The lowest BCUT2D eigenvalue weighted by molar-refractivity contribution is 0.0778. The molecule has 5 heterocycles. The number of likely N-dealkylation sites (tertiary alicyclic amines) is 1. The molecular formula is C22H20N6O2. The zero-order valence-electron chi connectivity index (χ0n) is 16.4. The Bertz CT molecular complexity index is 1150. The lowest BCUT2D eigenvalue weighted by Crippen LogP contribution is -2.30. The van der Waals surface area contributed by atoms with Gasteiger partial charge in [0.15, 0.2) is 0 Å². The Hall–Kier alpha value is -3.81. The van der Waals surface area contributed by atoms with Crippen LogP contribution in [-0.2, 0) is 7.05 Å². The van der Waals surface area contributed by atoms with Crippen molar-refractivity contribution in [1.29, 1.82) is 0 Å². The first-order chi connectivity index (χ1) is 14.7. The predicted molar refractivity (Wildman–Crippen MR) is 109 cm³/mol. The van der Waals surface area contributed by atoms with E-state index in [2.05, 4.69) is 20.1 Å². The second-order valence-corrected chi connectivity index (χ2v) is 7.41. The summed E-state index contributed by atoms with van der Waals surface area (Å²) < 4.78 is 7.49. The van der Waals surface area contributed by atoms with E-state index in [4.69, 9.17) is 4.52 Å². The largest absolute Gasteiger partial charge is 0.347 e. The second kappa shape index (κ2) is 7.55. The van der Waals surface area contributed by atoms with Crippen LogP contribution < -0.4 is 0 Å². The summed E-state index contributed by atoms with van der Waals surface area (Å²) in [5.41, 5.74) is 2.55. The van der Waals surface area contributed by atoms with Crippen LogP contribution in [0.25, 0.3) is 11.4 Å². The highest BCUT2D eigenvalue weighted by Gasteiger charge is 2.41. The van der Waals surface area contributed by atoms with Gasteiger partial charge in [-0.2, -0.15) is 4.98 Å². The van der Waals surface area contributed by atoms with E-state index in [0.29, 0.717) is 30.5 Å². The van der Waals surface area contributed by atoms with E-state index < -0.39 is 0 Å². The van der Waals surface area contributed by atoms with E-state index in [0.717, 1.165) is 11.1 Å². The molecule has 0 radical (unpaired) electrons. The molecule has 1 saturated heterocycles. The van der Waals surface area contributed by atoms with Gasteiger partial charge in [-0.05, 0) is 35.9 Å². The van der Waals surface area contributed by atoms with Gasteiger partial charge in [-0.15, -0.1) is 0 Å². The Morgan fingerprint density at radius 3 is 2.60 bits per heavy atom. The predicted octanol–water partition coefficient (Wildman–Crippen LogP) is 2.89. The highest BCUT2D eigenvalue weighted by molar-refractivity contribution is 5.93. The molecule has 0 bridgehead atoms. The minimum atomic E-state index is -0.110. The lowest BCUT2D eigenvalue weighted by atomic mass is 9.90. The normalized spacial score (nSPS) is 18.6. The van der Waals surface area contributed by atoms with Crippen LogP contribution in [0.3, 0.4) is 0 Å². The van der Waals surface area contributed by atoms with Gasteiger partial charge in [0.25, 0.3) is 5.91 Å². The molecule has 2 unspecified atom stereocenters. The first-order valence-electron chi connectivity index (χ1n) is 9.75. The van der Waals surface area contributed by atoms with Gasteiger partial charge >= 0.3 is 0 Å². The number of hydrogen-bond acceptors (Lipinski definition) is 6. The molecule has 0 N–H and O–H groups in total. The fraction of sp³-hybridized carbons (Fsp3) is 0.227. The number of rotatable bonds is 4. The van der Waals surface area contributed by atoms with E-state index in [9.17, 15) is 4.79 Å². The standard InChI is InChI=1S/C22H20N6O2/c1-27-11-3-5-19(27)22(29)28-13-17(16-4-2-8-24-12-16)18(14-28)21-25-20(26-30-21)15-6-9-23-10-7-15/h2-12,17-18H,13-14H2,1H3. The molecular weight excluding hydrogens is 380 g/mol. The fourth-order valence-electron chi connectivity index (χ4n) is 4.00. The number of carbonyl (C=O) groups is 1. The van der Waals surface area contributed by atoms with Crippen LogP contribution in [0.4, 0.5) is 0 Å². The summed E-state index contributed by atoms with van der Waals surface area (Å²) in [7, 11) is 1.87. The first kappa shape index (κ1) is 18.2. The van der Waals surface area contributed by atoms with E-state index in [-0.39, 0.29) is 17.7 Å². The summed E-state index contributed by atoms with van der Waals surface area (Å²) >= 11 is 0. The Labute approximate surface area is 173 Å². The Morgan fingerprint density at radius 2 is 1.87 bits per heavy atom. The zero-order valence-corrected chi connectivity index (χ0v) is 16.4. The van der Waals surface area contributed by atoms with E-state index >= 15 is 0 Å². The molecule has 0 saturated carbocycles. The summed E-state index contributed by atoms with van der Waals surface area (Å²) in [5, 5.41) is 4.16. The number of pyridine rings is 2. The van der Waals surface area contributed by atoms with Crippen LogP contribution in [0.5, 0.6) is 0 Å².